The topological polar surface area (TPSA) is 49.8 Å². The third-order valence-electron chi connectivity index (χ3n) is 3.82. The normalized spacial score (nSPS) is 10.5. The average Bonchev–Trinajstić information content (AvgIpc) is 2.56. The second-order valence-corrected chi connectivity index (χ2v) is 6.06. The van der Waals surface area contributed by atoms with Crippen molar-refractivity contribution in [2.45, 2.75) is 20.3 Å². The third kappa shape index (κ3) is 4.76. The first kappa shape index (κ1) is 16.9. The quantitative estimate of drug-likeness (QED) is 0.689. The van der Waals surface area contributed by atoms with Gasteiger partial charge in [0.15, 0.2) is 0 Å². The van der Waals surface area contributed by atoms with Crippen LogP contribution < -0.4 is 10.6 Å². The van der Waals surface area contributed by atoms with Crippen molar-refractivity contribution in [1.82, 2.24) is 9.97 Å². The van der Waals surface area contributed by atoms with Crippen LogP contribution in [0.1, 0.15) is 16.7 Å². The Kier molecular flexibility index (Phi) is 5.23. The number of anilines is 3. The molecule has 0 radical (unpaired) electrons. The molecule has 5 heteroatoms. The van der Waals surface area contributed by atoms with Gasteiger partial charge in [0.25, 0.3) is 0 Å². The first-order valence-corrected chi connectivity index (χ1v) is 8.25. The molecule has 3 rings (SSSR count). The zero-order valence-electron chi connectivity index (χ0n) is 14.4. The summed E-state index contributed by atoms with van der Waals surface area (Å²) in [6.45, 7) is 4.72. The van der Waals surface area contributed by atoms with E-state index in [4.69, 9.17) is 0 Å². The molecule has 1 heterocycles. The molecule has 25 heavy (non-hydrogen) atoms. The standard InChI is InChI=1S/C20H21FN4/c1-14-9-15(2)11-17(10-14)25-20-12-19(23-13-24-20)22-8-7-16-5-3-4-6-18(16)21/h3-6,9-13H,7-8H2,1-2H3,(H2,22,23,24,25). The summed E-state index contributed by atoms with van der Waals surface area (Å²) < 4.78 is 13.6. The van der Waals surface area contributed by atoms with Gasteiger partial charge in [-0.05, 0) is 55.2 Å². The second-order valence-electron chi connectivity index (χ2n) is 6.06. The van der Waals surface area contributed by atoms with Crippen molar-refractivity contribution >= 4 is 17.3 Å². The van der Waals surface area contributed by atoms with E-state index >= 15 is 0 Å². The van der Waals surface area contributed by atoms with Crippen LogP contribution in [-0.2, 0) is 6.42 Å². The Labute approximate surface area is 147 Å². The summed E-state index contributed by atoms with van der Waals surface area (Å²) in [4.78, 5) is 8.47. The van der Waals surface area contributed by atoms with Crippen molar-refractivity contribution in [2.75, 3.05) is 17.2 Å². The Balaban J connectivity index is 1.62. The van der Waals surface area contributed by atoms with Gasteiger partial charge < -0.3 is 10.6 Å². The maximum atomic E-state index is 13.6. The summed E-state index contributed by atoms with van der Waals surface area (Å²) in [6.07, 6.45) is 2.10. The predicted octanol–water partition coefficient (Wildman–Crippen LogP) is 4.63. The monoisotopic (exact) mass is 336 g/mol. The van der Waals surface area contributed by atoms with Crippen LogP contribution in [0.3, 0.4) is 0 Å². The number of rotatable bonds is 6. The summed E-state index contributed by atoms with van der Waals surface area (Å²) in [6, 6.07) is 14.9. The molecule has 0 saturated carbocycles. The van der Waals surface area contributed by atoms with Gasteiger partial charge in [-0.3, -0.25) is 0 Å². The number of hydrogen-bond donors (Lipinski definition) is 2. The van der Waals surface area contributed by atoms with Crippen LogP contribution >= 0.6 is 0 Å². The lowest BCUT2D eigenvalue weighted by Crippen LogP contribution is -2.08. The van der Waals surface area contributed by atoms with Crippen molar-refractivity contribution < 1.29 is 4.39 Å². The summed E-state index contributed by atoms with van der Waals surface area (Å²) >= 11 is 0. The van der Waals surface area contributed by atoms with Gasteiger partial charge in [-0.15, -0.1) is 0 Å². The van der Waals surface area contributed by atoms with E-state index in [0.29, 0.717) is 30.2 Å². The number of benzene rings is 2. The highest BCUT2D eigenvalue weighted by Crippen LogP contribution is 2.19. The van der Waals surface area contributed by atoms with Gasteiger partial charge in [-0.25, -0.2) is 14.4 Å². The molecule has 0 aliphatic rings. The van der Waals surface area contributed by atoms with Crippen molar-refractivity contribution in [3.63, 3.8) is 0 Å². The van der Waals surface area contributed by atoms with Gasteiger partial charge in [0.2, 0.25) is 0 Å². The number of halogens is 1. The fraction of sp³-hybridized carbons (Fsp3) is 0.200. The van der Waals surface area contributed by atoms with E-state index in [2.05, 4.69) is 52.6 Å². The van der Waals surface area contributed by atoms with Crippen LogP contribution in [0.5, 0.6) is 0 Å². The molecule has 0 fully saturated rings. The Bertz CT molecular complexity index is 844. The number of aryl methyl sites for hydroxylation is 2. The number of hydrogen-bond acceptors (Lipinski definition) is 4. The zero-order chi connectivity index (χ0) is 17.6. The van der Waals surface area contributed by atoms with Crippen LogP contribution in [-0.4, -0.2) is 16.5 Å². The zero-order valence-corrected chi connectivity index (χ0v) is 14.4. The SMILES string of the molecule is Cc1cc(C)cc(Nc2cc(NCCc3ccccc3F)ncn2)c1. The minimum atomic E-state index is -0.177. The van der Waals surface area contributed by atoms with Crippen molar-refractivity contribution in [3.05, 3.63) is 77.4 Å². The first-order chi connectivity index (χ1) is 12.1. The Morgan fingerprint density at radius 2 is 1.64 bits per heavy atom. The van der Waals surface area contributed by atoms with Crippen LogP contribution in [0.2, 0.25) is 0 Å². The van der Waals surface area contributed by atoms with E-state index < -0.39 is 0 Å². The van der Waals surface area contributed by atoms with E-state index in [1.54, 1.807) is 12.1 Å². The molecule has 0 atom stereocenters. The smallest absolute Gasteiger partial charge is 0.135 e. The maximum absolute atomic E-state index is 13.6. The van der Waals surface area contributed by atoms with Gasteiger partial charge in [-0.2, -0.15) is 0 Å². The van der Waals surface area contributed by atoms with Crippen molar-refractivity contribution in [3.8, 4) is 0 Å². The van der Waals surface area contributed by atoms with E-state index in [0.717, 1.165) is 5.69 Å². The van der Waals surface area contributed by atoms with Gasteiger partial charge in [0.1, 0.15) is 23.8 Å². The summed E-state index contributed by atoms with van der Waals surface area (Å²) in [5.41, 5.74) is 4.07. The highest BCUT2D eigenvalue weighted by molar-refractivity contribution is 5.60. The molecule has 0 amide bonds. The van der Waals surface area contributed by atoms with Gasteiger partial charge in [0, 0.05) is 18.3 Å². The third-order valence-corrected chi connectivity index (χ3v) is 3.82. The van der Waals surface area contributed by atoms with Gasteiger partial charge >= 0.3 is 0 Å². The number of aromatic nitrogens is 2. The Hall–Kier alpha value is -2.95. The van der Waals surface area contributed by atoms with Gasteiger partial charge in [-0.1, -0.05) is 24.3 Å². The van der Waals surface area contributed by atoms with E-state index in [-0.39, 0.29) is 5.82 Å². The Morgan fingerprint density at radius 1 is 0.920 bits per heavy atom. The fourth-order valence-corrected chi connectivity index (χ4v) is 2.74. The average molecular weight is 336 g/mol. The molecular formula is C20H21FN4. The largest absolute Gasteiger partial charge is 0.370 e. The molecule has 2 N–H and O–H groups in total. The van der Waals surface area contributed by atoms with Gasteiger partial charge in [0.05, 0.1) is 0 Å². The molecule has 4 nitrogen and oxygen atoms in total. The molecule has 2 aromatic carbocycles. The second kappa shape index (κ2) is 7.75. The van der Waals surface area contributed by atoms with Crippen LogP contribution in [0.25, 0.3) is 0 Å². The molecular weight excluding hydrogens is 315 g/mol. The van der Waals surface area contributed by atoms with Crippen molar-refractivity contribution in [2.24, 2.45) is 0 Å². The molecule has 0 bridgehead atoms. The molecule has 0 aliphatic carbocycles. The lowest BCUT2D eigenvalue weighted by atomic mass is 10.1. The Morgan fingerprint density at radius 3 is 2.40 bits per heavy atom. The highest BCUT2D eigenvalue weighted by Gasteiger charge is 2.03. The fourth-order valence-electron chi connectivity index (χ4n) is 2.74. The molecule has 0 unspecified atom stereocenters. The highest BCUT2D eigenvalue weighted by atomic mass is 19.1. The number of nitrogens with zero attached hydrogens (tertiary/aromatic N) is 2. The van der Waals surface area contributed by atoms with E-state index in [1.807, 2.05) is 12.1 Å². The minimum Gasteiger partial charge on any atom is -0.370 e. The molecule has 0 aliphatic heterocycles. The lowest BCUT2D eigenvalue weighted by Gasteiger charge is -2.10. The van der Waals surface area contributed by atoms with Crippen LogP contribution in [0, 0.1) is 19.7 Å². The first-order valence-electron chi connectivity index (χ1n) is 8.25. The molecule has 128 valence electrons. The lowest BCUT2D eigenvalue weighted by molar-refractivity contribution is 0.610. The maximum Gasteiger partial charge on any atom is 0.135 e. The molecule has 0 saturated heterocycles. The van der Waals surface area contributed by atoms with Crippen LogP contribution in [0.15, 0.2) is 54.9 Å². The van der Waals surface area contributed by atoms with E-state index in [1.165, 1.54) is 23.5 Å². The minimum absolute atomic E-state index is 0.177. The molecule has 1 aromatic heterocycles. The predicted molar refractivity (Wildman–Crippen MR) is 99.8 cm³/mol. The number of nitrogens with one attached hydrogen (secondary N) is 2. The summed E-state index contributed by atoms with van der Waals surface area (Å²) in [5, 5.41) is 6.50. The molecule has 3 aromatic rings. The summed E-state index contributed by atoms with van der Waals surface area (Å²) in [7, 11) is 0. The van der Waals surface area contributed by atoms with E-state index in [9.17, 15) is 4.39 Å². The summed E-state index contributed by atoms with van der Waals surface area (Å²) in [5.74, 6) is 1.25. The van der Waals surface area contributed by atoms with Crippen molar-refractivity contribution in [1.29, 1.82) is 0 Å². The van der Waals surface area contributed by atoms with Crippen LogP contribution in [0.4, 0.5) is 21.7 Å². The molecule has 0 spiro atoms.